The Labute approximate surface area is 98.3 Å². The monoisotopic (exact) mass is 263 g/mol. The van der Waals surface area contributed by atoms with Crippen LogP contribution in [0, 0.1) is 0 Å². The maximum atomic E-state index is 11.6. The van der Waals surface area contributed by atoms with E-state index in [0.29, 0.717) is 12.8 Å². The first-order valence-electron chi connectivity index (χ1n) is 4.70. The molecule has 1 rings (SSSR count). The van der Waals surface area contributed by atoms with Crippen LogP contribution in [0.25, 0.3) is 0 Å². The number of hydrogen-bond donors (Lipinski definition) is 0. The van der Waals surface area contributed by atoms with Gasteiger partial charge in [0, 0.05) is 38.6 Å². The minimum Gasteiger partial charge on any atom is -0.312 e. The number of aromatic nitrogens is 1. The third-order valence-electron chi connectivity index (χ3n) is 2.03. The summed E-state index contributed by atoms with van der Waals surface area (Å²) in [5.74, 6) is -0.137. The summed E-state index contributed by atoms with van der Waals surface area (Å²) < 4.78 is 21.0. The maximum Gasteiger partial charge on any atom is 0.337 e. The molecule has 7 heteroatoms. The Balaban J connectivity index is 2.39. The van der Waals surface area contributed by atoms with Crippen LogP contribution in [0.3, 0.4) is 0 Å². The molecule has 0 saturated carbocycles. The van der Waals surface area contributed by atoms with Gasteiger partial charge in [-0.15, -0.1) is 11.3 Å². The summed E-state index contributed by atoms with van der Waals surface area (Å²) in [6.45, 7) is 0. The molecule has 1 aromatic heterocycles. The number of aryl methyl sites for hydroxylation is 1. The molecular weight excluding hydrogens is 249 g/mol. The van der Waals surface area contributed by atoms with E-state index in [4.69, 9.17) is 9.05 Å². The summed E-state index contributed by atoms with van der Waals surface area (Å²) in [5, 5.41) is 2.76. The number of thiazole rings is 1. The van der Waals surface area contributed by atoms with Crippen molar-refractivity contribution in [3.63, 3.8) is 0 Å². The van der Waals surface area contributed by atoms with E-state index in [1.54, 1.807) is 6.20 Å². The summed E-state index contributed by atoms with van der Waals surface area (Å²) in [5.41, 5.74) is 0. The largest absolute Gasteiger partial charge is 0.337 e. The van der Waals surface area contributed by atoms with E-state index in [-0.39, 0.29) is 11.9 Å². The number of nitrogens with zero attached hydrogens (tertiary/aromatic N) is 1. The zero-order chi connectivity index (χ0) is 12.0. The van der Waals surface area contributed by atoms with E-state index in [9.17, 15) is 9.36 Å². The fourth-order valence-corrected chi connectivity index (χ4v) is 2.74. The second-order valence-corrected chi connectivity index (χ2v) is 6.35. The lowest BCUT2D eigenvalue weighted by Crippen LogP contribution is -2.08. The van der Waals surface area contributed by atoms with Crippen LogP contribution in [0.2, 0.25) is 0 Å². The number of rotatable bonds is 7. The van der Waals surface area contributed by atoms with Gasteiger partial charge in [0.25, 0.3) is 0 Å². The summed E-state index contributed by atoms with van der Waals surface area (Å²) in [6.07, 6.45) is 2.40. The van der Waals surface area contributed by atoms with E-state index in [1.807, 2.05) is 5.38 Å². The lowest BCUT2D eigenvalue weighted by Gasteiger charge is -2.11. The van der Waals surface area contributed by atoms with E-state index in [2.05, 4.69) is 4.98 Å². The van der Waals surface area contributed by atoms with Gasteiger partial charge in [0.05, 0.1) is 5.01 Å². The Morgan fingerprint density at radius 2 is 2.19 bits per heavy atom. The van der Waals surface area contributed by atoms with Crippen molar-refractivity contribution in [2.75, 3.05) is 20.4 Å². The molecule has 0 atom stereocenters. The molecule has 1 heterocycles. The highest BCUT2D eigenvalue weighted by atomic mass is 32.1. The zero-order valence-electron chi connectivity index (χ0n) is 9.21. The van der Waals surface area contributed by atoms with Crippen molar-refractivity contribution in [2.24, 2.45) is 0 Å². The average Bonchev–Trinajstić information content (AvgIpc) is 2.79. The Morgan fingerprint density at radius 1 is 1.50 bits per heavy atom. The molecule has 0 aliphatic carbocycles. The Kier molecular flexibility index (Phi) is 5.28. The first-order valence-corrected chi connectivity index (χ1v) is 7.31. The molecule has 0 radical (unpaired) electrons. The van der Waals surface area contributed by atoms with E-state index in [0.717, 1.165) is 5.01 Å². The molecule has 0 aromatic carbocycles. The van der Waals surface area contributed by atoms with Crippen molar-refractivity contribution in [3.05, 3.63) is 16.6 Å². The zero-order valence-corrected chi connectivity index (χ0v) is 10.9. The van der Waals surface area contributed by atoms with Crippen LogP contribution in [0.4, 0.5) is 0 Å². The van der Waals surface area contributed by atoms with Crippen LogP contribution < -0.4 is 0 Å². The second-order valence-electron chi connectivity index (χ2n) is 3.10. The lowest BCUT2D eigenvalue weighted by molar-refractivity contribution is -0.116. The number of carbonyl (C=O) groups excluding carboxylic acids is 1. The molecule has 0 fully saturated rings. The molecule has 0 spiro atoms. The van der Waals surface area contributed by atoms with Crippen molar-refractivity contribution in [1.29, 1.82) is 0 Å². The van der Waals surface area contributed by atoms with Crippen molar-refractivity contribution in [3.8, 4) is 0 Å². The van der Waals surface area contributed by atoms with Gasteiger partial charge in [-0.1, -0.05) is 0 Å². The van der Waals surface area contributed by atoms with Gasteiger partial charge in [-0.05, 0) is 0 Å². The number of hydrogen-bond acceptors (Lipinski definition) is 6. The molecule has 90 valence electrons. The molecule has 1 aromatic rings. The number of carbonyl (C=O) groups is 1. The Hall–Kier alpha value is -0.550. The van der Waals surface area contributed by atoms with Crippen molar-refractivity contribution < 1.29 is 18.4 Å². The predicted molar refractivity (Wildman–Crippen MR) is 61.9 cm³/mol. The summed E-state index contributed by atoms with van der Waals surface area (Å²) in [7, 11) is -0.658. The van der Waals surface area contributed by atoms with Gasteiger partial charge < -0.3 is 9.05 Å². The van der Waals surface area contributed by atoms with E-state index >= 15 is 0 Å². The normalized spacial score (nSPS) is 11.6. The topological polar surface area (TPSA) is 65.5 Å². The summed E-state index contributed by atoms with van der Waals surface area (Å²) in [4.78, 5) is 15.6. The van der Waals surface area contributed by atoms with Gasteiger partial charge in [0.1, 0.15) is 11.9 Å². The maximum absolute atomic E-state index is 11.6. The molecule has 0 amide bonds. The lowest BCUT2D eigenvalue weighted by atomic mass is 10.2. The molecule has 0 N–H and O–H groups in total. The fraction of sp³-hybridized carbons (Fsp3) is 0.556. The number of ketones is 1. The second kappa shape index (κ2) is 6.25. The van der Waals surface area contributed by atoms with Gasteiger partial charge in [0.15, 0.2) is 0 Å². The third kappa shape index (κ3) is 4.14. The van der Waals surface area contributed by atoms with Crippen LogP contribution in [-0.4, -0.2) is 31.1 Å². The van der Waals surface area contributed by atoms with Crippen LogP contribution >= 0.6 is 18.9 Å². The smallest absolute Gasteiger partial charge is 0.312 e. The highest BCUT2D eigenvalue weighted by Gasteiger charge is 2.25. The van der Waals surface area contributed by atoms with Gasteiger partial charge in [0.2, 0.25) is 0 Å². The fourth-order valence-electron chi connectivity index (χ4n) is 1.12. The van der Waals surface area contributed by atoms with Crippen molar-refractivity contribution in [2.45, 2.75) is 12.8 Å². The van der Waals surface area contributed by atoms with E-state index < -0.39 is 7.60 Å². The molecular formula is C9H14NO4PS. The van der Waals surface area contributed by atoms with Crippen LogP contribution in [0.5, 0.6) is 0 Å². The van der Waals surface area contributed by atoms with Gasteiger partial charge in [-0.3, -0.25) is 9.36 Å². The number of Topliss-reactive ketones (excluding diaryl/α,β-unsaturated/α-hetero) is 1. The first-order chi connectivity index (χ1) is 7.59. The standard InChI is InChI=1S/C9H14NO4PS/c1-13-15(12,14-2)7-8(11)3-4-9-10-5-6-16-9/h5-6H,3-4,7H2,1-2H3. The first kappa shape index (κ1) is 13.5. The van der Waals surface area contributed by atoms with Crippen LogP contribution in [0.15, 0.2) is 11.6 Å². The van der Waals surface area contributed by atoms with Gasteiger partial charge >= 0.3 is 7.60 Å². The molecule has 0 unspecified atom stereocenters. The molecule has 0 bridgehead atoms. The minimum absolute atomic E-state index is 0.137. The molecule has 16 heavy (non-hydrogen) atoms. The van der Waals surface area contributed by atoms with Gasteiger partial charge in [-0.2, -0.15) is 0 Å². The van der Waals surface area contributed by atoms with Crippen molar-refractivity contribution in [1.82, 2.24) is 4.98 Å². The highest BCUT2D eigenvalue weighted by Crippen LogP contribution is 2.46. The Morgan fingerprint density at radius 3 is 2.69 bits per heavy atom. The quantitative estimate of drug-likeness (QED) is 0.705. The summed E-state index contributed by atoms with van der Waals surface area (Å²) in [6, 6.07) is 0. The molecule has 5 nitrogen and oxygen atoms in total. The highest BCUT2D eigenvalue weighted by molar-refractivity contribution is 7.54. The predicted octanol–water partition coefficient (Wildman–Crippen LogP) is 2.13. The van der Waals surface area contributed by atoms with Crippen LogP contribution in [0.1, 0.15) is 11.4 Å². The molecule has 0 aliphatic rings. The molecule has 0 aliphatic heterocycles. The minimum atomic E-state index is -3.21. The van der Waals surface area contributed by atoms with Crippen LogP contribution in [-0.2, 0) is 24.8 Å². The SMILES string of the molecule is COP(=O)(CC(=O)CCc1nccs1)OC. The van der Waals surface area contributed by atoms with E-state index in [1.165, 1.54) is 25.6 Å². The van der Waals surface area contributed by atoms with Gasteiger partial charge in [-0.25, -0.2) is 4.98 Å². The average molecular weight is 263 g/mol. The Bertz CT molecular complexity index is 371. The third-order valence-corrected chi connectivity index (χ3v) is 4.72. The molecule has 0 saturated heterocycles. The van der Waals surface area contributed by atoms with Crippen molar-refractivity contribution >= 4 is 24.7 Å². The summed E-state index contributed by atoms with van der Waals surface area (Å²) >= 11 is 1.50.